The van der Waals surface area contributed by atoms with Gasteiger partial charge in [0.05, 0.1) is 23.8 Å². The summed E-state index contributed by atoms with van der Waals surface area (Å²) in [6.45, 7) is 0. The fourth-order valence-corrected chi connectivity index (χ4v) is 2.89. The van der Waals surface area contributed by atoms with Gasteiger partial charge in [-0.15, -0.1) is 0 Å². The van der Waals surface area contributed by atoms with Crippen molar-refractivity contribution in [3.63, 3.8) is 0 Å². The van der Waals surface area contributed by atoms with Gasteiger partial charge in [0, 0.05) is 25.5 Å². The van der Waals surface area contributed by atoms with Crippen LogP contribution in [-0.2, 0) is 4.74 Å². The highest BCUT2D eigenvalue weighted by molar-refractivity contribution is 5.61. The van der Waals surface area contributed by atoms with Crippen molar-refractivity contribution in [2.75, 3.05) is 12.4 Å². The standard InChI is InChI=1S/C16H21N3O/c1-20-14-8-6-13(7-9-14)18-15-4-2-3-5-16(15)19-11-10-17-12-19/h2-5,10-14,18H,6-9H2,1H3. The van der Waals surface area contributed by atoms with Crippen LogP contribution in [0.15, 0.2) is 43.0 Å². The van der Waals surface area contributed by atoms with Crippen LogP contribution in [-0.4, -0.2) is 28.8 Å². The molecule has 0 aliphatic heterocycles. The van der Waals surface area contributed by atoms with E-state index in [0.29, 0.717) is 12.1 Å². The van der Waals surface area contributed by atoms with E-state index >= 15 is 0 Å². The van der Waals surface area contributed by atoms with E-state index in [1.54, 1.807) is 6.20 Å². The number of rotatable bonds is 4. The number of imidazole rings is 1. The summed E-state index contributed by atoms with van der Waals surface area (Å²) in [7, 11) is 1.81. The predicted molar refractivity (Wildman–Crippen MR) is 80.2 cm³/mol. The minimum Gasteiger partial charge on any atom is -0.381 e. The summed E-state index contributed by atoms with van der Waals surface area (Å²) in [6, 6.07) is 8.92. The fraction of sp³-hybridized carbons (Fsp3) is 0.438. The molecule has 0 unspecified atom stereocenters. The average molecular weight is 271 g/mol. The number of benzene rings is 1. The molecule has 2 aromatic rings. The molecule has 20 heavy (non-hydrogen) atoms. The van der Waals surface area contributed by atoms with Crippen LogP contribution >= 0.6 is 0 Å². The first kappa shape index (κ1) is 13.2. The molecule has 106 valence electrons. The number of hydrogen-bond acceptors (Lipinski definition) is 3. The van der Waals surface area contributed by atoms with Crippen LogP contribution < -0.4 is 5.32 Å². The van der Waals surface area contributed by atoms with E-state index in [2.05, 4.69) is 34.6 Å². The molecule has 3 rings (SSSR count). The molecular formula is C16H21N3O. The van der Waals surface area contributed by atoms with Gasteiger partial charge in [-0.2, -0.15) is 0 Å². The second-order valence-corrected chi connectivity index (χ2v) is 5.34. The number of hydrogen-bond donors (Lipinski definition) is 1. The second-order valence-electron chi connectivity index (χ2n) is 5.34. The third-order valence-corrected chi connectivity index (χ3v) is 4.05. The molecule has 0 spiro atoms. The lowest BCUT2D eigenvalue weighted by molar-refractivity contribution is 0.0682. The Morgan fingerprint density at radius 2 is 2.00 bits per heavy atom. The van der Waals surface area contributed by atoms with Crippen LogP contribution in [0.2, 0.25) is 0 Å². The highest BCUT2D eigenvalue weighted by Gasteiger charge is 2.21. The van der Waals surface area contributed by atoms with E-state index in [1.165, 1.54) is 5.69 Å². The van der Waals surface area contributed by atoms with Gasteiger partial charge < -0.3 is 14.6 Å². The van der Waals surface area contributed by atoms with E-state index in [4.69, 9.17) is 4.74 Å². The van der Waals surface area contributed by atoms with Gasteiger partial charge in [-0.05, 0) is 37.8 Å². The smallest absolute Gasteiger partial charge is 0.0992 e. The number of anilines is 1. The minimum absolute atomic E-state index is 0.442. The largest absolute Gasteiger partial charge is 0.381 e. The van der Waals surface area contributed by atoms with Gasteiger partial charge in [-0.25, -0.2) is 4.98 Å². The van der Waals surface area contributed by atoms with Crippen LogP contribution in [0.1, 0.15) is 25.7 Å². The summed E-state index contributed by atoms with van der Waals surface area (Å²) in [6.07, 6.45) is 10.7. The Morgan fingerprint density at radius 1 is 1.20 bits per heavy atom. The number of nitrogens with one attached hydrogen (secondary N) is 1. The summed E-state index contributed by atoms with van der Waals surface area (Å²) in [5, 5.41) is 3.68. The maximum Gasteiger partial charge on any atom is 0.0992 e. The van der Waals surface area contributed by atoms with Gasteiger partial charge in [-0.1, -0.05) is 12.1 Å². The lowest BCUT2D eigenvalue weighted by Gasteiger charge is -2.29. The zero-order valence-electron chi connectivity index (χ0n) is 11.8. The Hall–Kier alpha value is -1.81. The maximum atomic E-state index is 5.43. The molecule has 1 saturated carbocycles. The highest BCUT2D eigenvalue weighted by atomic mass is 16.5. The summed E-state index contributed by atoms with van der Waals surface area (Å²) < 4.78 is 7.48. The molecule has 1 aliphatic rings. The van der Waals surface area contributed by atoms with Crippen molar-refractivity contribution >= 4 is 5.69 Å². The normalized spacial score (nSPS) is 22.6. The highest BCUT2D eigenvalue weighted by Crippen LogP contribution is 2.26. The lowest BCUT2D eigenvalue weighted by Crippen LogP contribution is -2.29. The summed E-state index contributed by atoms with van der Waals surface area (Å²) >= 11 is 0. The van der Waals surface area contributed by atoms with Gasteiger partial charge in [-0.3, -0.25) is 0 Å². The van der Waals surface area contributed by atoms with E-state index in [-0.39, 0.29) is 0 Å². The fourth-order valence-electron chi connectivity index (χ4n) is 2.89. The molecule has 1 aliphatic carbocycles. The van der Waals surface area contributed by atoms with Crippen molar-refractivity contribution in [3.8, 4) is 5.69 Å². The van der Waals surface area contributed by atoms with Crippen molar-refractivity contribution in [1.82, 2.24) is 9.55 Å². The number of ether oxygens (including phenoxy) is 1. The van der Waals surface area contributed by atoms with Crippen LogP contribution in [0.4, 0.5) is 5.69 Å². The molecule has 1 heterocycles. The Labute approximate surface area is 119 Å². The Bertz CT molecular complexity index is 530. The Balaban J connectivity index is 1.72. The summed E-state index contributed by atoms with van der Waals surface area (Å²) in [5.41, 5.74) is 2.32. The molecule has 1 fully saturated rings. The van der Waals surface area contributed by atoms with Gasteiger partial charge in [0.25, 0.3) is 0 Å². The zero-order chi connectivity index (χ0) is 13.8. The first-order chi connectivity index (χ1) is 9.86. The summed E-state index contributed by atoms with van der Waals surface area (Å²) in [4.78, 5) is 4.13. The third-order valence-electron chi connectivity index (χ3n) is 4.05. The molecule has 0 radical (unpaired) electrons. The van der Waals surface area contributed by atoms with Crippen molar-refractivity contribution in [3.05, 3.63) is 43.0 Å². The zero-order valence-corrected chi connectivity index (χ0v) is 11.8. The summed E-state index contributed by atoms with van der Waals surface area (Å²) in [5.74, 6) is 0. The van der Waals surface area contributed by atoms with Crippen LogP contribution in [0, 0.1) is 0 Å². The Kier molecular flexibility index (Phi) is 4.02. The van der Waals surface area contributed by atoms with Crippen molar-refractivity contribution in [1.29, 1.82) is 0 Å². The van der Waals surface area contributed by atoms with Gasteiger partial charge in [0.1, 0.15) is 0 Å². The van der Waals surface area contributed by atoms with E-state index in [9.17, 15) is 0 Å². The molecule has 0 bridgehead atoms. The van der Waals surface area contributed by atoms with E-state index in [1.807, 2.05) is 24.2 Å². The molecule has 1 aromatic heterocycles. The SMILES string of the molecule is COC1CCC(Nc2ccccc2-n2ccnc2)CC1. The Morgan fingerprint density at radius 3 is 2.70 bits per heavy atom. The van der Waals surface area contributed by atoms with Crippen molar-refractivity contribution in [2.45, 2.75) is 37.8 Å². The number of aromatic nitrogens is 2. The molecule has 0 saturated heterocycles. The maximum absolute atomic E-state index is 5.43. The van der Waals surface area contributed by atoms with Crippen LogP contribution in [0.5, 0.6) is 0 Å². The molecule has 1 aromatic carbocycles. The number of para-hydroxylation sites is 2. The lowest BCUT2D eigenvalue weighted by atomic mass is 9.92. The molecule has 4 nitrogen and oxygen atoms in total. The molecule has 4 heteroatoms. The molecular weight excluding hydrogens is 250 g/mol. The predicted octanol–water partition coefficient (Wildman–Crippen LogP) is 3.24. The van der Waals surface area contributed by atoms with Crippen molar-refractivity contribution in [2.24, 2.45) is 0 Å². The van der Waals surface area contributed by atoms with Gasteiger partial charge >= 0.3 is 0 Å². The molecule has 0 atom stereocenters. The average Bonchev–Trinajstić information content (AvgIpc) is 3.03. The van der Waals surface area contributed by atoms with Gasteiger partial charge in [0.2, 0.25) is 0 Å². The second kappa shape index (κ2) is 6.09. The topological polar surface area (TPSA) is 39.1 Å². The van der Waals surface area contributed by atoms with E-state index in [0.717, 1.165) is 31.4 Å². The number of methoxy groups -OCH3 is 1. The van der Waals surface area contributed by atoms with Crippen LogP contribution in [0.25, 0.3) is 5.69 Å². The molecule has 0 amide bonds. The quantitative estimate of drug-likeness (QED) is 0.928. The van der Waals surface area contributed by atoms with E-state index < -0.39 is 0 Å². The van der Waals surface area contributed by atoms with Crippen LogP contribution in [0.3, 0.4) is 0 Å². The number of nitrogens with zero attached hydrogens (tertiary/aromatic N) is 2. The van der Waals surface area contributed by atoms with Gasteiger partial charge in [0.15, 0.2) is 0 Å². The first-order valence-corrected chi connectivity index (χ1v) is 7.23. The molecule has 1 N–H and O–H groups in total. The first-order valence-electron chi connectivity index (χ1n) is 7.23. The minimum atomic E-state index is 0.442. The van der Waals surface area contributed by atoms with Crippen molar-refractivity contribution < 1.29 is 4.74 Å². The third kappa shape index (κ3) is 2.85. The monoisotopic (exact) mass is 271 g/mol.